The standard InChI is InChI=1S/C11H9NO2/c12-5-9-2-1-8-3-7(6-13)4-10(8)11(9)14/h1-6,14H,12H2/b9-5+. The number of fused-ring (bicyclic) bond motifs is 1. The zero-order valence-corrected chi connectivity index (χ0v) is 7.40. The second kappa shape index (κ2) is 3.03. The minimum Gasteiger partial charge on any atom is -0.507 e. The van der Waals surface area contributed by atoms with Gasteiger partial charge in [-0.1, -0.05) is 6.07 Å². The lowest BCUT2D eigenvalue weighted by Crippen LogP contribution is -2.12. The number of aldehydes is 1. The third kappa shape index (κ3) is 1.10. The fraction of sp³-hybridized carbons (Fsp3) is 0. The van der Waals surface area contributed by atoms with Crippen molar-refractivity contribution >= 4 is 24.6 Å². The lowest BCUT2D eigenvalue weighted by molar-refractivity contribution is -0.104. The Bertz CT molecular complexity index is 541. The molecule has 1 aliphatic carbocycles. The first-order chi connectivity index (χ1) is 6.76. The predicted octanol–water partition coefficient (Wildman–Crippen LogP) is -0.535. The Morgan fingerprint density at radius 3 is 2.71 bits per heavy atom. The van der Waals surface area contributed by atoms with E-state index in [0.717, 1.165) is 11.5 Å². The van der Waals surface area contributed by atoms with Crippen LogP contribution >= 0.6 is 0 Å². The van der Waals surface area contributed by atoms with Crippen molar-refractivity contribution in [3.63, 3.8) is 0 Å². The van der Waals surface area contributed by atoms with E-state index in [4.69, 9.17) is 5.73 Å². The van der Waals surface area contributed by atoms with Crippen LogP contribution in [0, 0.1) is 0 Å². The van der Waals surface area contributed by atoms with E-state index in [9.17, 15) is 9.90 Å². The summed E-state index contributed by atoms with van der Waals surface area (Å²) in [6.45, 7) is 0. The number of benzene rings is 1. The van der Waals surface area contributed by atoms with Gasteiger partial charge in [-0.2, -0.15) is 0 Å². The Kier molecular flexibility index (Phi) is 1.85. The maximum Gasteiger partial charge on any atom is 0.150 e. The Balaban J connectivity index is 2.78. The van der Waals surface area contributed by atoms with Gasteiger partial charge in [0.1, 0.15) is 12.0 Å². The van der Waals surface area contributed by atoms with Crippen molar-refractivity contribution in [2.24, 2.45) is 5.73 Å². The molecular weight excluding hydrogens is 178 g/mol. The van der Waals surface area contributed by atoms with Crippen molar-refractivity contribution in [3.8, 4) is 5.75 Å². The zero-order valence-electron chi connectivity index (χ0n) is 7.40. The zero-order chi connectivity index (χ0) is 10.1. The summed E-state index contributed by atoms with van der Waals surface area (Å²) >= 11 is 0. The summed E-state index contributed by atoms with van der Waals surface area (Å²) in [5, 5.41) is 11.1. The van der Waals surface area contributed by atoms with E-state index in [1.54, 1.807) is 18.2 Å². The molecule has 0 atom stereocenters. The molecule has 1 aromatic rings. The SMILES string of the molecule is N/C=c1\ccc2c(c1O)C=C(C=O)C=2. The predicted molar refractivity (Wildman–Crippen MR) is 54.5 cm³/mol. The summed E-state index contributed by atoms with van der Waals surface area (Å²) in [6, 6.07) is 3.53. The molecule has 0 amide bonds. The molecule has 0 bridgehead atoms. The minimum atomic E-state index is 0.123. The van der Waals surface area contributed by atoms with E-state index < -0.39 is 0 Å². The van der Waals surface area contributed by atoms with Gasteiger partial charge in [-0.15, -0.1) is 0 Å². The number of hydrogen-bond donors (Lipinski definition) is 2. The summed E-state index contributed by atoms with van der Waals surface area (Å²) in [6.07, 6.45) is 5.46. The van der Waals surface area contributed by atoms with Gasteiger partial charge >= 0.3 is 0 Å². The van der Waals surface area contributed by atoms with Gasteiger partial charge in [0.25, 0.3) is 0 Å². The first kappa shape index (κ1) is 8.56. The number of carbonyl (C=O) groups is 1. The highest BCUT2D eigenvalue weighted by Crippen LogP contribution is 2.15. The summed E-state index contributed by atoms with van der Waals surface area (Å²) in [5.41, 5.74) is 6.54. The van der Waals surface area contributed by atoms with Gasteiger partial charge in [0.15, 0.2) is 0 Å². The monoisotopic (exact) mass is 187 g/mol. The highest BCUT2D eigenvalue weighted by Gasteiger charge is 2.08. The average Bonchev–Trinajstić information content (AvgIpc) is 2.62. The smallest absolute Gasteiger partial charge is 0.150 e. The molecule has 0 saturated heterocycles. The molecule has 1 aromatic carbocycles. The topological polar surface area (TPSA) is 63.3 Å². The molecule has 70 valence electrons. The Morgan fingerprint density at radius 2 is 2.07 bits per heavy atom. The Hall–Kier alpha value is -2.03. The van der Waals surface area contributed by atoms with Crippen LogP contribution in [0.3, 0.4) is 0 Å². The number of hydrogen-bond acceptors (Lipinski definition) is 3. The summed E-state index contributed by atoms with van der Waals surface area (Å²) in [7, 11) is 0. The first-order valence-corrected chi connectivity index (χ1v) is 4.19. The largest absolute Gasteiger partial charge is 0.507 e. The second-order valence-corrected chi connectivity index (χ2v) is 3.08. The lowest BCUT2D eigenvalue weighted by Gasteiger charge is -1.97. The minimum absolute atomic E-state index is 0.123. The molecule has 3 nitrogen and oxygen atoms in total. The normalized spacial score (nSPS) is 14.6. The van der Waals surface area contributed by atoms with Gasteiger partial charge in [-0.05, 0) is 23.4 Å². The van der Waals surface area contributed by atoms with Crippen LogP contribution in [0.15, 0.2) is 17.7 Å². The number of rotatable bonds is 1. The third-order valence-corrected chi connectivity index (χ3v) is 2.23. The van der Waals surface area contributed by atoms with Crippen LogP contribution in [0.4, 0.5) is 0 Å². The molecular formula is C11H9NO2. The highest BCUT2D eigenvalue weighted by molar-refractivity contribution is 5.96. The van der Waals surface area contributed by atoms with Gasteiger partial charge in [0, 0.05) is 22.6 Å². The third-order valence-electron chi connectivity index (χ3n) is 2.23. The lowest BCUT2D eigenvalue weighted by atomic mass is 10.1. The molecule has 0 aromatic heterocycles. The number of nitrogens with two attached hydrogens (primary N) is 1. The van der Waals surface area contributed by atoms with Crippen LogP contribution in [0.1, 0.15) is 5.56 Å². The summed E-state index contributed by atoms with van der Waals surface area (Å²) in [5.74, 6) is 0.123. The molecule has 14 heavy (non-hydrogen) atoms. The fourth-order valence-corrected chi connectivity index (χ4v) is 1.51. The van der Waals surface area contributed by atoms with E-state index in [1.165, 1.54) is 6.20 Å². The molecule has 3 N–H and O–H groups in total. The number of carbonyl (C=O) groups excluding carboxylic acids is 1. The quantitative estimate of drug-likeness (QED) is 0.581. The summed E-state index contributed by atoms with van der Waals surface area (Å²) < 4.78 is 0. The van der Waals surface area contributed by atoms with Gasteiger partial charge in [-0.25, -0.2) is 0 Å². The number of allylic oxidation sites excluding steroid dienone is 1. The van der Waals surface area contributed by atoms with E-state index in [0.29, 0.717) is 16.4 Å². The Labute approximate surface area is 80.5 Å². The van der Waals surface area contributed by atoms with Crippen LogP contribution in [-0.2, 0) is 4.79 Å². The van der Waals surface area contributed by atoms with Crippen molar-refractivity contribution < 1.29 is 9.90 Å². The molecule has 0 saturated carbocycles. The van der Waals surface area contributed by atoms with Gasteiger partial charge in [0.2, 0.25) is 0 Å². The van der Waals surface area contributed by atoms with Gasteiger partial charge in [-0.3, -0.25) is 4.79 Å². The number of phenolic OH excluding ortho intramolecular Hbond substituents is 1. The molecule has 0 fully saturated rings. The molecule has 2 rings (SSSR count). The van der Waals surface area contributed by atoms with E-state index in [1.807, 2.05) is 6.07 Å². The van der Waals surface area contributed by atoms with Gasteiger partial charge in [0.05, 0.1) is 0 Å². The first-order valence-electron chi connectivity index (χ1n) is 4.19. The van der Waals surface area contributed by atoms with E-state index in [2.05, 4.69) is 0 Å². The number of aromatic hydroxyl groups is 1. The molecule has 1 aliphatic rings. The van der Waals surface area contributed by atoms with Crippen LogP contribution in [0.2, 0.25) is 0 Å². The maximum atomic E-state index is 10.5. The molecule has 0 aliphatic heterocycles. The van der Waals surface area contributed by atoms with Crippen molar-refractivity contribution in [1.82, 2.24) is 0 Å². The maximum absolute atomic E-state index is 10.5. The molecule has 3 heteroatoms. The van der Waals surface area contributed by atoms with Crippen LogP contribution in [0.5, 0.6) is 5.75 Å². The van der Waals surface area contributed by atoms with Crippen molar-refractivity contribution in [2.45, 2.75) is 0 Å². The highest BCUT2D eigenvalue weighted by atomic mass is 16.3. The van der Waals surface area contributed by atoms with Gasteiger partial charge < -0.3 is 10.8 Å². The van der Waals surface area contributed by atoms with Crippen molar-refractivity contribution in [1.29, 1.82) is 0 Å². The van der Waals surface area contributed by atoms with Crippen LogP contribution in [-0.4, -0.2) is 11.4 Å². The number of phenols is 1. The van der Waals surface area contributed by atoms with Crippen LogP contribution < -0.4 is 16.2 Å². The molecule has 0 heterocycles. The summed E-state index contributed by atoms with van der Waals surface area (Å²) in [4.78, 5) is 10.5. The Morgan fingerprint density at radius 1 is 1.29 bits per heavy atom. The van der Waals surface area contributed by atoms with E-state index in [-0.39, 0.29) is 5.75 Å². The average molecular weight is 187 g/mol. The van der Waals surface area contributed by atoms with E-state index >= 15 is 0 Å². The van der Waals surface area contributed by atoms with Crippen molar-refractivity contribution in [3.05, 3.63) is 33.7 Å². The molecule has 0 radical (unpaired) electrons. The second-order valence-electron chi connectivity index (χ2n) is 3.08. The molecule has 0 spiro atoms. The molecule has 0 unspecified atom stereocenters. The fourth-order valence-electron chi connectivity index (χ4n) is 1.51. The van der Waals surface area contributed by atoms with Crippen LogP contribution in [0.25, 0.3) is 18.4 Å². The van der Waals surface area contributed by atoms with Crippen molar-refractivity contribution in [2.75, 3.05) is 0 Å².